The molecule has 0 spiro atoms. The number of morpholine rings is 1. The van der Waals surface area contributed by atoms with Gasteiger partial charge in [0, 0.05) is 23.2 Å². The van der Waals surface area contributed by atoms with Crippen LogP contribution in [-0.4, -0.2) is 35.5 Å². The maximum absolute atomic E-state index is 12.8. The van der Waals surface area contributed by atoms with Gasteiger partial charge in [-0.05, 0) is 61.6 Å². The summed E-state index contributed by atoms with van der Waals surface area (Å²) < 4.78 is 6.01. The maximum atomic E-state index is 12.8. The van der Waals surface area contributed by atoms with E-state index in [2.05, 4.69) is 18.2 Å². The zero-order valence-electron chi connectivity index (χ0n) is 16.4. The van der Waals surface area contributed by atoms with Gasteiger partial charge >= 0.3 is 0 Å². The minimum Gasteiger partial charge on any atom is -0.368 e. The van der Waals surface area contributed by atoms with E-state index in [1.807, 2.05) is 30.0 Å². The number of aryl methyl sites for hydroxylation is 1. The summed E-state index contributed by atoms with van der Waals surface area (Å²) in [7, 11) is 0. The van der Waals surface area contributed by atoms with Crippen LogP contribution < -0.4 is 0 Å². The molecule has 1 aliphatic carbocycles. The fraction of sp³-hybridized carbons (Fsp3) is 0.478. The average molecular weight is 399 g/mol. The van der Waals surface area contributed by atoms with Gasteiger partial charge in [-0.1, -0.05) is 36.6 Å². The summed E-state index contributed by atoms with van der Waals surface area (Å²) in [5.41, 5.74) is 4.25. The summed E-state index contributed by atoms with van der Waals surface area (Å²) in [6.07, 6.45) is 5.07. The van der Waals surface area contributed by atoms with Crippen molar-refractivity contribution >= 4 is 17.5 Å². The highest BCUT2D eigenvalue weighted by Gasteiger charge is 2.32. The van der Waals surface area contributed by atoms with Crippen LogP contribution in [0, 0.1) is 12.8 Å². The van der Waals surface area contributed by atoms with Crippen molar-refractivity contribution in [1.29, 1.82) is 0 Å². The van der Waals surface area contributed by atoms with Gasteiger partial charge < -0.3 is 9.64 Å². The van der Waals surface area contributed by atoms with Crippen molar-refractivity contribution in [2.45, 2.75) is 45.1 Å². The molecule has 0 radical (unpaired) electrons. The Hall–Kier alpha value is -1.91. The normalized spacial score (nSPS) is 20.5. The smallest absolute Gasteiger partial charge is 0.225 e. The van der Waals surface area contributed by atoms with Crippen molar-refractivity contribution < 1.29 is 9.53 Å². The molecule has 2 fully saturated rings. The minimum absolute atomic E-state index is 0.155. The Balaban J connectivity index is 1.50. The van der Waals surface area contributed by atoms with Gasteiger partial charge in [-0.3, -0.25) is 9.78 Å². The SMILES string of the molecule is Cc1cc(Cc2cccc(Cl)c2)cc([C@@H]2CN(C(=O)C3CCCC3)CCO2)n1. The molecule has 2 aliphatic rings. The van der Waals surface area contributed by atoms with E-state index in [0.717, 1.165) is 35.7 Å². The van der Waals surface area contributed by atoms with E-state index in [-0.39, 0.29) is 12.0 Å². The fourth-order valence-electron chi connectivity index (χ4n) is 4.38. The molecule has 1 aromatic heterocycles. The summed E-state index contributed by atoms with van der Waals surface area (Å²) in [4.78, 5) is 19.5. The summed E-state index contributed by atoms with van der Waals surface area (Å²) in [6.45, 7) is 3.87. The highest BCUT2D eigenvalue weighted by atomic mass is 35.5. The van der Waals surface area contributed by atoms with Crippen LogP contribution in [0.15, 0.2) is 36.4 Å². The lowest BCUT2D eigenvalue weighted by molar-refractivity contribution is -0.143. The Kier molecular flexibility index (Phi) is 5.98. The fourth-order valence-corrected chi connectivity index (χ4v) is 4.59. The standard InChI is InChI=1S/C23H27ClN2O2/c1-16-11-18(12-17-5-4-8-20(24)13-17)14-21(25-16)22-15-26(9-10-28-22)23(27)19-6-2-3-7-19/h4-5,8,11,13-14,19,22H,2-3,6-7,9-10,12,15H2,1H3/t22-/m0/s1. The van der Waals surface area contributed by atoms with Crippen LogP contribution in [0.4, 0.5) is 0 Å². The number of carbonyl (C=O) groups is 1. The molecule has 1 amide bonds. The van der Waals surface area contributed by atoms with Crippen LogP contribution in [0.2, 0.25) is 5.02 Å². The summed E-state index contributed by atoms with van der Waals surface area (Å²) in [5.74, 6) is 0.514. The Morgan fingerprint density at radius 1 is 1.21 bits per heavy atom. The molecule has 1 saturated carbocycles. The molecule has 4 rings (SSSR count). The van der Waals surface area contributed by atoms with Gasteiger partial charge in [-0.2, -0.15) is 0 Å². The van der Waals surface area contributed by atoms with E-state index < -0.39 is 0 Å². The molecule has 5 heteroatoms. The number of aromatic nitrogens is 1. The van der Waals surface area contributed by atoms with Crippen molar-refractivity contribution in [1.82, 2.24) is 9.88 Å². The lowest BCUT2D eigenvalue weighted by Crippen LogP contribution is -2.44. The Labute approximate surface area is 171 Å². The van der Waals surface area contributed by atoms with Gasteiger partial charge in [-0.15, -0.1) is 0 Å². The quantitative estimate of drug-likeness (QED) is 0.748. The molecule has 1 aliphatic heterocycles. The topological polar surface area (TPSA) is 42.4 Å². The average Bonchev–Trinajstić information content (AvgIpc) is 3.22. The van der Waals surface area contributed by atoms with E-state index in [1.165, 1.54) is 24.0 Å². The molecular formula is C23H27ClN2O2. The van der Waals surface area contributed by atoms with Crippen LogP contribution in [0.3, 0.4) is 0 Å². The molecule has 148 valence electrons. The van der Waals surface area contributed by atoms with Crippen LogP contribution in [-0.2, 0) is 16.0 Å². The van der Waals surface area contributed by atoms with Gasteiger partial charge in [0.25, 0.3) is 0 Å². The molecule has 4 nitrogen and oxygen atoms in total. The molecule has 28 heavy (non-hydrogen) atoms. The van der Waals surface area contributed by atoms with Crippen LogP contribution >= 0.6 is 11.6 Å². The lowest BCUT2D eigenvalue weighted by atomic mass is 10.0. The molecule has 2 aromatic rings. The van der Waals surface area contributed by atoms with Crippen molar-refractivity contribution in [3.63, 3.8) is 0 Å². The molecular weight excluding hydrogens is 372 g/mol. The highest BCUT2D eigenvalue weighted by Crippen LogP contribution is 2.29. The van der Waals surface area contributed by atoms with E-state index in [1.54, 1.807) is 0 Å². The van der Waals surface area contributed by atoms with E-state index >= 15 is 0 Å². The van der Waals surface area contributed by atoms with E-state index in [9.17, 15) is 4.79 Å². The number of benzene rings is 1. The van der Waals surface area contributed by atoms with Gasteiger partial charge in [0.2, 0.25) is 5.91 Å². The summed E-state index contributed by atoms with van der Waals surface area (Å²) >= 11 is 6.13. The number of hydrogen-bond acceptors (Lipinski definition) is 3. The van der Waals surface area contributed by atoms with Gasteiger partial charge in [0.15, 0.2) is 0 Å². The Bertz CT molecular complexity index is 848. The zero-order valence-corrected chi connectivity index (χ0v) is 17.1. The third-order valence-corrected chi connectivity index (χ3v) is 5.98. The van der Waals surface area contributed by atoms with Gasteiger partial charge in [0.05, 0.1) is 18.8 Å². The molecule has 0 unspecified atom stereocenters. The monoisotopic (exact) mass is 398 g/mol. The zero-order chi connectivity index (χ0) is 19.5. The predicted molar refractivity (Wildman–Crippen MR) is 110 cm³/mol. The number of ether oxygens (including phenoxy) is 1. The molecule has 0 N–H and O–H groups in total. The van der Waals surface area contributed by atoms with Crippen molar-refractivity contribution in [2.24, 2.45) is 5.92 Å². The van der Waals surface area contributed by atoms with E-state index in [0.29, 0.717) is 25.6 Å². The summed E-state index contributed by atoms with van der Waals surface area (Å²) in [5, 5.41) is 0.750. The number of rotatable bonds is 4. The number of nitrogens with zero attached hydrogens (tertiary/aromatic N) is 2. The van der Waals surface area contributed by atoms with Crippen LogP contribution in [0.25, 0.3) is 0 Å². The van der Waals surface area contributed by atoms with E-state index in [4.69, 9.17) is 21.3 Å². The second-order valence-electron chi connectivity index (χ2n) is 7.97. The third kappa shape index (κ3) is 4.56. The lowest BCUT2D eigenvalue weighted by Gasteiger charge is -2.34. The largest absolute Gasteiger partial charge is 0.368 e. The molecule has 1 saturated heterocycles. The number of amides is 1. The predicted octanol–water partition coefficient (Wildman–Crippen LogP) is 4.72. The first-order chi connectivity index (χ1) is 13.6. The first kappa shape index (κ1) is 19.4. The van der Waals surface area contributed by atoms with Crippen molar-refractivity contribution in [3.05, 3.63) is 63.9 Å². The molecule has 1 atom stereocenters. The first-order valence-electron chi connectivity index (χ1n) is 10.2. The highest BCUT2D eigenvalue weighted by molar-refractivity contribution is 6.30. The van der Waals surface area contributed by atoms with Gasteiger partial charge in [0.1, 0.15) is 6.10 Å². The minimum atomic E-state index is -0.155. The Morgan fingerprint density at radius 3 is 2.82 bits per heavy atom. The third-order valence-electron chi connectivity index (χ3n) is 5.74. The van der Waals surface area contributed by atoms with Crippen molar-refractivity contribution in [3.8, 4) is 0 Å². The number of carbonyl (C=O) groups excluding carboxylic acids is 1. The maximum Gasteiger partial charge on any atom is 0.225 e. The number of hydrogen-bond donors (Lipinski definition) is 0. The number of halogens is 1. The van der Waals surface area contributed by atoms with Gasteiger partial charge in [-0.25, -0.2) is 0 Å². The Morgan fingerprint density at radius 2 is 2.04 bits per heavy atom. The van der Waals surface area contributed by atoms with Crippen LogP contribution in [0.5, 0.6) is 0 Å². The van der Waals surface area contributed by atoms with Crippen molar-refractivity contribution in [2.75, 3.05) is 19.7 Å². The van der Waals surface area contributed by atoms with Crippen LogP contribution in [0.1, 0.15) is 54.3 Å². The second kappa shape index (κ2) is 8.62. The molecule has 0 bridgehead atoms. The second-order valence-corrected chi connectivity index (χ2v) is 8.41. The summed E-state index contributed by atoms with van der Waals surface area (Å²) in [6, 6.07) is 12.2. The first-order valence-corrected chi connectivity index (χ1v) is 10.6. The molecule has 1 aromatic carbocycles. The number of pyridine rings is 1. The molecule has 2 heterocycles.